The third-order valence-electron chi connectivity index (χ3n) is 7.03. The molecule has 0 aliphatic heterocycles. The topological polar surface area (TPSA) is 122 Å². The van der Waals surface area contributed by atoms with Crippen molar-refractivity contribution in [2.75, 3.05) is 7.11 Å². The number of esters is 1. The summed E-state index contributed by atoms with van der Waals surface area (Å²) in [7, 11) is 1.38. The van der Waals surface area contributed by atoms with Crippen LogP contribution in [0.2, 0.25) is 0 Å². The number of carboxylic acids is 1. The SMILES string of the molecule is COC(=O)C1(NC(=O)c2ccc(C)s2)CCCCC1.Cc1ccc(C(=O)NC2(C(=O)O)CCCCC2)s1. The molecule has 0 aromatic carbocycles. The van der Waals surface area contributed by atoms with Crippen LogP contribution in [0.25, 0.3) is 0 Å². The number of methoxy groups -OCH3 is 1. The number of hydrogen-bond donors (Lipinski definition) is 3. The highest BCUT2D eigenvalue weighted by Crippen LogP contribution is 2.31. The Kier molecular flexibility index (Phi) is 9.89. The van der Waals surface area contributed by atoms with Crippen molar-refractivity contribution in [2.45, 2.75) is 89.1 Å². The molecule has 4 rings (SSSR count). The molecule has 8 nitrogen and oxygen atoms in total. The number of ether oxygens (including phenoxy) is 1. The minimum absolute atomic E-state index is 0.176. The average Bonchev–Trinajstić information content (AvgIpc) is 3.53. The summed E-state index contributed by atoms with van der Waals surface area (Å²) in [6, 6.07) is 7.32. The molecule has 2 fully saturated rings. The summed E-state index contributed by atoms with van der Waals surface area (Å²) in [5, 5.41) is 15.0. The van der Waals surface area contributed by atoms with Gasteiger partial charge in [0.2, 0.25) is 0 Å². The number of hydrogen-bond acceptors (Lipinski definition) is 7. The lowest BCUT2D eigenvalue weighted by Gasteiger charge is -2.35. The summed E-state index contributed by atoms with van der Waals surface area (Å²) in [6.07, 6.45) is 8.13. The molecule has 202 valence electrons. The van der Waals surface area contributed by atoms with E-state index in [-0.39, 0.29) is 17.8 Å². The summed E-state index contributed by atoms with van der Waals surface area (Å²) >= 11 is 2.83. The number of carbonyl (C=O) groups is 4. The number of aliphatic carboxylic acids is 1. The molecule has 2 amide bonds. The molecule has 10 heteroatoms. The molecule has 2 aliphatic carbocycles. The van der Waals surface area contributed by atoms with E-state index in [0.717, 1.165) is 48.3 Å². The fourth-order valence-electron chi connectivity index (χ4n) is 4.95. The summed E-state index contributed by atoms with van der Waals surface area (Å²) in [5.41, 5.74) is -1.89. The van der Waals surface area contributed by atoms with E-state index in [1.54, 1.807) is 12.1 Å². The van der Waals surface area contributed by atoms with Crippen LogP contribution in [0.3, 0.4) is 0 Å². The van der Waals surface area contributed by atoms with E-state index in [0.29, 0.717) is 35.4 Å². The molecule has 2 aromatic rings. The van der Waals surface area contributed by atoms with Gasteiger partial charge in [-0.05, 0) is 63.8 Å². The monoisotopic (exact) mass is 548 g/mol. The molecule has 0 atom stereocenters. The summed E-state index contributed by atoms with van der Waals surface area (Å²) in [6.45, 7) is 3.88. The van der Waals surface area contributed by atoms with Crippen molar-refractivity contribution in [3.63, 3.8) is 0 Å². The van der Waals surface area contributed by atoms with Gasteiger partial charge in [-0.25, -0.2) is 9.59 Å². The molecule has 2 aliphatic rings. The van der Waals surface area contributed by atoms with E-state index >= 15 is 0 Å². The molecule has 0 saturated heterocycles. The summed E-state index contributed by atoms with van der Waals surface area (Å²) in [5.74, 6) is -1.68. The highest BCUT2D eigenvalue weighted by atomic mass is 32.1. The Morgan fingerprint density at radius 2 is 1.14 bits per heavy atom. The molecule has 3 N–H and O–H groups in total. The fraction of sp³-hybridized carbons (Fsp3) is 0.556. The van der Waals surface area contributed by atoms with Gasteiger partial charge in [0.15, 0.2) is 0 Å². The van der Waals surface area contributed by atoms with E-state index < -0.39 is 17.0 Å². The fourth-order valence-corrected chi connectivity index (χ4v) is 6.48. The third-order valence-corrected chi connectivity index (χ3v) is 9.03. The van der Waals surface area contributed by atoms with Crippen LogP contribution < -0.4 is 10.6 Å². The normalized spacial score (nSPS) is 18.0. The molecule has 2 heterocycles. The van der Waals surface area contributed by atoms with Gasteiger partial charge >= 0.3 is 11.9 Å². The van der Waals surface area contributed by atoms with E-state index in [4.69, 9.17) is 4.74 Å². The predicted molar refractivity (Wildman–Crippen MR) is 144 cm³/mol. The largest absolute Gasteiger partial charge is 0.480 e. The maximum Gasteiger partial charge on any atom is 0.331 e. The van der Waals surface area contributed by atoms with Crippen LogP contribution in [-0.4, -0.2) is 47.0 Å². The van der Waals surface area contributed by atoms with Gasteiger partial charge in [0.25, 0.3) is 11.8 Å². The van der Waals surface area contributed by atoms with Crippen LogP contribution in [0.1, 0.15) is 93.3 Å². The number of amides is 2. The Bertz CT molecular complexity index is 1110. The summed E-state index contributed by atoms with van der Waals surface area (Å²) in [4.78, 5) is 51.1. The van der Waals surface area contributed by atoms with Crippen molar-refractivity contribution in [1.82, 2.24) is 10.6 Å². The highest BCUT2D eigenvalue weighted by Gasteiger charge is 2.42. The first-order valence-corrected chi connectivity index (χ1v) is 14.3. The number of nitrogens with one attached hydrogen (secondary N) is 2. The Labute approximate surface area is 225 Å². The molecule has 2 saturated carbocycles. The van der Waals surface area contributed by atoms with Gasteiger partial charge in [0.1, 0.15) is 11.1 Å². The number of carbonyl (C=O) groups excluding carboxylic acids is 3. The minimum Gasteiger partial charge on any atom is -0.480 e. The van der Waals surface area contributed by atoms with Crippen LogP contribution in [-0.2, 0) is 14.3 Å². The van der Waals surface area contributed by atoms with Gasteiger partial charge in [0.05, 0.1) is 16.9 Å². The van der Waals surface area contributed by atoms with E-state index in [2.05, 4.69) is 10.6 Å². The lowest BCUT2D eigenvalue weighted by Crippen LogP contribution is -2.56. The maximum atomic E-state index is 12.2. The van der Waals surface area contributed by atoms with E-state index in [9.17, 15) is 24.3 Å². The Morgan fingerprint density at radius 3 is 1.49 bits per heavy atom. The zero-order valence-corrected chi connectivity index (χ0v) is 23.3. The highest BCUT2D eigenvalue weighted by molar-refractivity contribution is 7.14. The van der Waals surface area contributed by atoms with Crippen molar-refractivity contribution in [1.29, 1.82) is 0 Å². The van der Waals surface area contributed by atoms with Crippen molar-refractivity contribution >= 4 is 46.4 Å². The first-order valence-electron chi connectivity index (χ1n) is 12.7. The molecule has 2 aromatic heterocycles. The smallest absolute Gasteiger partial charge is 0.331 e. The second-order valence-electron chi connectivity index (χ2n) is 9.81. The van der Waals surface area contributed by atoms with Gasteiger partial charge in [0, 0.05) is 9.75 Å². The minimum atomic E-state index is -1.06. The number of aryl methyl sites for hydroxylation is 2. The second kappa shape index (κ2) is 12.7. The zero-order valence-electron chi connectivity index (χ0n) is 21.7. The quantitative estimate of drug-likeness (QED) is 0.425. The lowest BCUT2D eigenvalue weighted by atomic mass is 9.81. The number of rotatable bonds is 6. The molecule has 0 bridgehead atoms. The van der Waals surface area contributed by atoms with Gasteiger partial charge in [-0.3, -0.25) is 9.59 Å². The van der Waals surface area contributed by atoms with Crippen molar-refractivity contribution < 1.29 is 29.0 Å². The lowest BCUT2D eigenvalue weighted by molar-refractivity contribution is -0.149. The Balaban J connectivity index is 0.000000206. The van der Waals surface area contributed by atoms with Crippen molar-refractivity contribution in [2.24, 2.45) is 0 Å². The standard InChI is InChI=1S/C14H19NO3S.C13H17NO3S/c1-10-6-7-11(19-10)12(16)15-14(13(17)18-2)8-4-3-5-9-14;1-9-5-6-10(18-9)11(15)14-13(12(16)17)7-3-2-4-8-13/h6-7H,3-5,8-9H2,1-2H3,(H,15,16);5-6H,2-4,7-8H2,1H3,(H,14,15)(H,16,17). The Morgan fingerprint density at radius 1 is 0.730 bits per heavy atom. The van der Waals surface area contributed by atoms with Crippen LogP contribution in [0.4, 0.5) is 0 Å². The van der Waals surface area contributed by atoms with Crippen molar-refractivity contribution in [3.05, 3.63) is 43.8 Å². The average molecular weight is 549 g/mol. The number of carboxylic acid groups (broad SMARTS) is 1. The number of thiophene rings is 2. The van der Waals surface area contributed by atoms with Gasteiger partial charge in [-0.1, -0.05) is 38.5 Å². The molecule has 0 spiro atoms. The molecular formula is C27H36N2O6S2. The second-order valence-corrected chi connectivity index (χ2v) is 12.4. The van der Waals surface area contributed by atoms with Gasteiger partial charge < -0.3 is 20.5 Å². The van der Waals surface area contributed by atoms with Crippen molar-refractivity contribution in [3.8, 4) is 0 Å². The maximum absolute atomic E-state index is 12.2. The molecule has 37 heavy (non-hydrogen) atoms. The summed E-state index contributed by atoms with van der Waals surface area (Å²) < 4.78 is 4.88. The Hall–Kier alpha value is -2.72. The zero-order chi connectivity index (χ0) is 27.1. The first-order chi connectivity index (χ1) is 17.6. The predicted octanol–water partition coefficient (Wildman–Crippen LogP) is 5.24. The molecule has 0 radical (unpaired) electrons. The molecule has 0 unspecified atom stereocenters. The van der Waals surface area contributed by atoms with E-state index in [1.807, 2.05) is 26.0 Å². The van der Waals surface area contributed by atoms with Gasteiger partial charge in [-0.15, -0.1) is 22.7 Å². The van der Waals surface area contributed by atoms with Crippen LogP contribution >= 0.6 is 22.7 Å². The third kappa shape index (κ3) is 7.19. The van der Waals surface area contributed by atoms with Crippen LogP contribution in [0, 0.1) is 13.8 Å². The first kappa shape index (κ1) is 28.8. The molecular weight excluding hydrogens is 512 g/mol. The van der Waals surface area contributed by atoms with Gasteiger partial charge in [-0.2, -0.15) is 0 Å². The van der Waals surface area contributed by atoms with Crippen LogP contribution in [0.15, 0.2) is 24.3 Å². The van der Waals surface area contributed by atoms with E-state index in [1.165, 1.54) is 29.8 Å². The van der Waals surface area contributed by atoms with Crippen LogP contribution in [0.5, 0.6) is 0 Å².